The van der Waals surface area contributed by atoms with Crippen LogP contribution in [0, 0.1) is 12.7 Å². The number of anilines is 1. The Kier molecular flexibility index (Phi) is 5.97. The number of benzene rings is 2. The lowest BCUT2D eigenvalue weighted by Gasteiger charge is -2.12. The molecule has 6 nitrogen and oxygen atoms in total. The molecule has 0 aliphatic heterocycles. The van der Waals surface area contributed by atoms with Gasteiger partial charge in [-0.1, -0.05) is 29.8 Å². The molecule has 0 saturated carbocycles. The van der Waals surface area contributed by atoms with Gasteiger partial charge in [0.1, 0.15) is 11.0 Å². The van der Waals surface area contributed by atoms with Crippen LogP contribution in [0.4, 0.5) is 10.1 Å². The number of nitrogens with one attached hydrogen (secondary N) is 1. The van der Waals surface area contributed by atoms with E-state index < -0.39 is 21.7 Å². The SMILES string of the molecule is Cc1ccc(CC(=O)Nc2ccc(-c3ccc(Cl)nc3)c(S(N)(=O)=O)c2)c(F)c1. The Morgan fingerprint density at radius 2 is 1.93 bits per heavy atom. The zero-order valence-electron chi connectivity index (χ0n) is 15.3. The summed E-state index contributed by atoms with van der Waals surface area (Å²) >= 11 is 5.77. The fourth-order valence-corrected chi connectivity index (χ4v) is 3.68. The number of pyridine rings is 1. The van der Waals surface area contributed by atoms with Gasteiger partial charge < -0.3 is 5.32 Å². The highest BCUT2D eigenvalue weighted by Gasteiger charge is 2.18. The minimum absolute atomic E-state index is 0.180. The van der Waals surface area contributed by atoms with Gasteiger partial charge >= 0.3 is 0 Å². The molecule has 0 spiro atoms. The summed E-state index contributed by atoms with van der Waals surface area (Å²) in [6.45, 7) is 1.75. The first-order chi connectivity index (χ1) is 13.6. The number of aromatic nitrogens is 1. The molecule has 0 saturated heterocycles. The highest BCUT2D eigenvalue weighted by Crippen LogP contribution is 2.29. The molecule has 0 unspecified atom stereocenters. The summed E-state index contributed by atoms with van der Waals surface area (Å²) in [7, 11) is -4.09. The minimum Gasteiger partial charge on any atom is -0.326 e. The summed E-state index contributed by atoms with van der Waals surface area (Å²) in [6.07, 6.45) is 1.23. The van der Waals surface area contributed by atoms with Gasteiger partial charge in [0.15, 0.2) is 0 Å². The molecule has 1 amide bonds. The van der Waals surface area contributed by atoms with Gasteiger partial charge in [0.2, 0.25) is 15.9 Å². The predicted octanol–water partition coefficient (Wildman–Crippen LogP) is 3.68. The Hall–Kier alpha value is -2.81. The maximum Gasteiger partial charge on any atom is 0.238 e. The zero-order chi connectivity index (χ0) is 21.2. The Morgan fingerprint density at radius 1 is 1.17 bits per heavy atom. The average Bonchev–Trinajstić information content (AvgIpc) is 2.64. The summed E-state index contributed by atoms with van der Waals surface area (Å²) in [5.74, 6) is -0.968. The number of nitrogens with two attached hydrogens (primary N) is 1. The normalized spacial score (nSPS) is 11.3. The quantitative estimate of drug-likeness (QED) is 0.599. The molecule has 3 aromatic rings. The third kappa shape index (κ3) is 5.17. The summed E-state index contributed by atoms with van der Waals surface area (Å²) < 4.78 is 38.1. The van der Waals surface area contributed by atoms with E-state index in [2.05, 4.69) is 10.3 Å². The minimum atomic E-state index is -4.09. The van der Waals surface area contributed by atoms with Crippen molar-refractivity contribution in [2.75, 3.05) is 5.32 Å². The van der Waals surface area contributed by atoms with Gasteiger partial charge in [-0.25, -0.2) is 22.9 Å². The van der Waals surface area contributed by atoms with Gasteiger partial charge in [-0.3, -0.25) is 4.79 Å². The molecule has 0 radical (unpaired) electrons. The van der Waals surface area contributed by atoms with Crippen LogP contribution in [0.15, 0.2) is 59.6 Å². The van der Waals surface area contributed by atoms with Crippen LogP contribution in [-0.4, -0.2) is 19.3 Å². The number of rotatable bonds is 5. The van der Waals surface area contributed by atoms with Crippen LogP contribution in [0.1, 0.15) is 11.1 Å². The van der Waals surface area contributed by atoms with E-state index in [9.17, 15) is 17.6 Å². The van der Waals surface area contributed by atoms with Gasteiger partial charge in [0.25, 0.3) is 0 Å². The topological polar surface area (TPSA) is 102 Å². The standard InChI is InChI=1S/C20H17ClFN3O3S/c1-12-2-3-13(17(22)8-12)9-20(26)25-15-5-6-16(18(10-15)29(23,27)28)14-4-7-19(21)24-11-14/h2-8,10-11H,9H2,1H3,(H,25,26)(H2,23,27,28). The summed E-state index contributed by atoms with van der Waals surface area (Å²) in [4.78, 5) is 16.0. The molecule has 9 heteroatoms. The van der Waals surface area contributed by atoms with Crippen molar-refractivity contribution >= 4 is 33.2 Å². The zero-order valence-corrected chi connectivity index (χ0v) is 16.9. The summed E-state index contributed by atoms with van der Waals surface area (Å²) in [6, 6.07) is 12.0. The monoisotopic (exact) mass is 433 g/mol. The van der Waals surface area contributed by atoms with E-state index in [0.29, 0.717) is 11.1 Å². The van der Waals surface area contributed by atoms with E-state index in [1.807, 2.05) is 0 Å². The lowest BCUT2D eigenvalue weighted by Crippen LogP contribution is -2.17. The van der Waals surface area contributed by atoms with E-state index in [4.69, 9.17) is 16.7 Å². The number of carbonyl (C=O) groups excluding carboxylic acids is 1. The number of carbonyl (C=O) groups is 1. The van der Waals surface area contributed by atoms with Gasteiger partial charge in [-0.2, -0.15) is 0 Å². The summed E-state index contributed by atoms with van der Waals surface area (Å²) in [5, 5.41) is 8.18. The van der Waals surface area contributed by atoms with E-state index in [1.165, 1.54) is 42.6 Å². The van der Waals surface area contributed by atoms with E-state index in [-0.39, 0.29) is 27.7 Å². The van der Waals surface area contributed by atoms with Crippen LogP contribution < -0.4 is 10.5 Å². The second-order valence-corrected chi connectivity index (χ2v) is 8.36. The van der Waals surface area contributed by atoms with Crippen LogP contribution in [-0.2, 0) is 21.2 Å². The molecule has 1 heterocycles. The van der Waals surface area contributed by atoms with Crippen LogP contribution in [0.3, 0.4) is 0 Å². The maximum atomic E-state index is 13.9. The number of hydrogen-bond donors (Lipinski definition) is 2. The van der Waals surface area contributed by atoms with Crippen LogP contribution >= 0.6 is 11.6 Å². The van der Waals surface area contributed by atoms with Gasteiger partial charge in [0.05, 0.1) is 11.3 Å². The van der Waals surface area contributed by atoms with Gasteiger partial charge in [-0.15, -0.1) is 0 Å². The molecule has 3 rings (SSSR count). The molecule has 0 aliphatic carbocycles. The first-order valence-corrected chi connectivity index (χ1v) is 10.4. The number of primary sulfonamides is 1. The molecule has 2 aromatic carbocycles. The smallest absolute Gasteiger partial charge is 0.238 e. The van der Waals surface area contributed by atoms with Crippen LogP contribution in [0.5, 0.6) is 0 Å². The second-order valence-electron chi connectivity index (χ2n) is 6.45. The van der Waals surface area contributed by atoms with Crippen molar-refractivity contribution in [3.63, 3.8) is 0 Å². The van der Waals surface area contributed by atoms with Crippen LogP contribution in [0.25, 0.3) is 11.1 Å². The van der Waals surface area contributed by atoms with Crippen molar-refractivity contribution < 1.29 is 17.6 Å². The van der Waals surface area contributed by atoms with E-state index >= 15 is 0 Å². The number of amides is 1. The molecule has 0 atom stereocenters. The fourth-order valence-electron chi connectivity index (χ4n) is 2.78. The number of aryl methyl sites for hydroxylation is 1. The van der Waals surface area contributed by atoms with Crippen molar-refractivity contribution in [2.24, 2.45) is 5.14 Å². The van der Waals surface area contributed by atoms with E-state index in [0.717, 1.165) is 5.56 Å². The van der Waals surface area contributed by atoms with Crippen molar-refractivity contribution in [1.29, 1.82) is 0 Å². The number of halogens is 2. The lowest BCUT2D eigenvalue weighted by molar-refractivity contribution is -0.115. The molecule has 29 heavy (non-hydrogen) atoms. The van der Waals surface area contributed by atoms with E-state index in [1.54, 1.807) is 19.1 Å². The number of sulfonamides is 1. The van der Waals surface area contributed by atoms with Crippen molar-refractivity contribution in [3.8, 4) is 11.1 Å². The Bertz CT molecular complexity index is 1180. The highest BCUT2D eigenvalue weighted by molar-refractivity contribution is 7.89. The highest BCUT2D eigenvalue weighted by atomic mass is 35.5. The molecular formula is C20H17ClFN3O3S. The van der Waals surface area contributed by atoms with Gasteiger partial charge in [-0.05, 0) is 48.4 Å². The largest absolute Gasteiger partial charge is 0.326 e. The molecule has 0 aliphatic rings. The average molecular weight is 434 g/mol. The van der Waals surface area contributed by atoms with Crippen LogP contribution in [0.2, 0.25) is 5.15 Å². The third-order valence-corrected chi connectivity index (χ3v) is 5.34. The molecule has 3 N–H and O–H groups in total. The molecule has 1 aromatic heterocycles. The van der Waals surface area contributed by atoms with Crippen molar-refractivity contribution in [3.05, 3.63) is 76.8 Å². The Balaban J connectivity index is 1.88. The first-order valence-electron chi connectivity index (χ1n) is 8.47. The number of hydrogen-bond acceptors (Lipinski definition) is 4. The molecular weight excluding hydrogens is 417 g/mol. The Morgan fingerprint density at radius 3 is 2.55 bits per heavy atom. The number of nitrogens with zero attached hydrogens (tertiary/aromatic N) is 1. The fraction of sp³-hybridized carbons (Fsp3) is 0.100. The summed E-state index contributed by atoms with van der Waals surface area (Å²) in [5.41, 5.74) is 2.02. The molecule has 0 fully saturated rings. The predicted molar refractivity (Wildman–Crippen MR) is 110 cm³/mol. The molecule has 0 bridgehead atoms. The van der Waals surface area contributed by atoms with Crippen molar-refractivity contribution in [1.82, 2.24) is 4.98 Å². The molecule has 150 valence electrons. The third-order valence-electron chi connectivity index (χ3n) is 4.17. The maximum absolute atomic E-state index is 13.9. The van der Waals surface area contributed by atoms with Gasteiger partial charge in [0, 0.05) is 23.0 Å². The first kappa shape index (κ1) is 20.9. The second kappa shape index (κ2) is 8.28. The lowest BCUT2D eigenvalue weighted by atomic mass is 10.1. The Labute approximate surface area is 172 Å². The van der Waals surface area contributed by atoms with Crippen molar-refractivity contribution in [2.45, 2.75) is 18.2 Å².